The molecule has 2 fully saturated rings. The third-order valence-corrected chi connectivity index (χ3v) is 6.33. The highest BCUT2D eigenvalue weighted by molar-refractivity contribution is 7.12. The monoisotopic (exact) mass is 307 g/mol. The van der Waals surface area contributed by atoms with Crippen molar-refractivity contribution in [3.63, 3.8) is 0 Å². The first-order valence-electron chi connectivity index (χ1n) is 8.55. The van der Waals surface area contributed by atoms with Crippen LogP contribution in [-0.2, 0) is 17.9 Å². The lowest BCUT2D eigenvalue weighted by Crippen LogP contribution is -2.26. The van der Waals surface area contributed by atoms with Crippen LogP contribution >= 0.6 is 11.3 Å². The third kappa shape index (κ3) is 4.30. The second-order valence-electron chi connectivity index (χ2n) is 7.15. The van der Waals surface area contributed by atoms with Crippen molar-refractivity contribution in [1.82, 2.24) is 5.32 Å². The molecule has 0 saturated heterocycles. The Morgan fingerprint density at radius 3 is 2.71 bits per heavy atom. The van der Waals surface area contributed by atoms with E-state index in [2.05, 4.69) is 32.2 Å². The normalized spacial score (nSPS) is 29.8. The quantitative estimate of drug-likeness (QED) is 0.826. The zero-order valence-electron chi connectivity index (χ0n) is 13.7. The van der Waals surface area contributed by atoms with E-state index in [1.807, 2.05) is 11.3 Å². The molecular formula is C18H29NOS. The minimum atomic E-state index is 0.475. The number of rotatable bonds is 6. The number of ether oxygens (including phenoxy) is 1. The molecule has 1 aromatic heterocycles. The van der Waals surface area contributed by atoms with Crippen LogP contribution in [0.15, 0.2) is 6.07 Å². The van der Waals surface area contributed by atoms with E-state index in [-0.39, 0.29) is 0 Å². The molecular weight excluding hydrogens is 278 g/mol. The lowest BCUT2D eigenvalue weighted by molar-refractivity contribution is -0.00749. The molecule has 0 radical (unpaired) electrons. The molecule has 0 aliphatic heterocycles. The van der Waals surface area contributed by atoms with Crippen LogP contribution in [0.2, 0.25) is 0 Å². The smallest absolute Gasteiger partial charge is 0.0731 e. The van der Waals surface area contributed by atoms with Crippen LogP contribution in [0.3, 0.4) is 0 Å². The van der Waals surface area contributed by atoms with Gasteiger partial charge in [0.25, 0.3) is 0 Å². The van der Waals surface area contributed by atoms with E-state index in [0.717, 1.165) is 31.0 Å². The predicted molar refractivity (Wildman–Crippen MR) is 89.7 cm³/mol. The van der Waals surface area contributed by atoms with Crippen LogP contribution < -0.4 is 5.32 Å². The molecule has 1 heterocycles. The van der Waals surface area contributed by atoms with Gasteiger partial charge in [0.05, 0.1) is 12.7 Å². The van der Waals surface area contributed by atoms with Crippen LogP contribution in [0.25, 0.3) is 0 Å². The first-order valence-corrected chi connectivity index (χ1v) is 9.36. The third-order valence-electron chi connectivity index (χ3n) is 5.24. The van der Waals surface area contributed by atoms with Crippen LogP contribution in [0.4, 0.5) is 0 Å². The second kappa shape index (κ2) is 6.80. The number of aryl methyl sites for hydroxylation is 1. The van der Waals surface area contributed by atoms with Gasteiger partial charge in [0, 0.05) is 22.3 Å². The Bertz CT molecular complexity index is 466. The topological polar surface area (TPSA) is 21.3 Å². The molecule has 2 saturated carbocycles. The van der Waals surface area contributed by atoms with Crippen LogP contribution in [0, 0.1) is 18.8 Å². The summed E-state index contributed by atoms with van der Waals surface area (Å²) in [6.45, 7) is 8.82. The number of hydrogen-bond donors (Lipinski definition) is 1. The minimum absolute atomic E-state index is 0.475. The number of nitrogens with one attached hydrogen (secondary N) is 1. The summed E-state index contributed by atoms with van der Waals surface area (Å²) in [6, 6.07) is 3.14. The van der Waals surface area contributed by atoms with E-state index in [9.17, 15) is 0 Å². The molecule has 3 rings (SSSR count). The number of thiophene rings is 1. The van der Waals surface area contributed by atoms with Gasteiger partial charge in [-0.1, -0.05) is 13.8 Å². The molecule has 3 atom stereocenters. The summed E-state index contributed by atoms with van der Waals surface area (Å²) in [5.41, 5.74) is 1.40. The van der Waals surface area contributed by atoms with Gasteiger partial charge in [0.2, 0.25) is 0 Å². The van der Waals surface area contributed by atoms with Crippen molar-refractivity contribution in [2.24, 2.45) is 11.8 Å². The molecule has 2 nitrogen and oxygen atoms in total. The lowest BCUT2D eigenvalue weighted by atomic mass is 9.80. The van der Waals surface area contributed by atoms with E-state index in [0.29, 0.717) is 6.10 Å². The minimum Gasteiger partial charge on any atom is -0.373 e. The van der Waals surface area contributed by atoms with Gasteiger partial charge in [-0.3, -0.25) is 0 Å². The maximum atomic E-state index is 6.21. The summed E-state index contributed by atoms with van der Waals surface area (Å²) in [6.07, 6.45) is 7.00. The Hall–Kier alpha value is -0.380. The lowest BCUT2D eigenvalue weighted by Gasteiger charge is -2.31. The zero-order chi connectivity index (χ0) is 14.8. The Balaban J connectivity index is 1.48. The molecule has 21 heavy (non-hydrogen) atoms. The number of hydrogen-bond acceptors (Lipinski definition) is 3. The van der Waals surface area contributed by atoms with Crippen molar-refractivity contribution in [3.8, 4) is 0 Å². The first-order chi connectivity index (χ1) is 10.1. The summed E-state index contributed by atoms with van der Waals surface area (Å²) >= 11 is 1.93. The van der Waals surface area contributed by atoms with Crippen molar-refractivity contribution in [3.05, 3.63) is 21.4 Å². The van der Waals surface area contributed by atoms with Crippen LogP contribution in [-0.4, -0.2) is 12.1 Å². The fraction of sp³-hybridized carbons (Fsp3) is 0.778. The Labute approximate surface area is 133 Å². The highest BCUT2D eigenvalue weighted by Gasteiger charge is 2.25. The molecule has 3 heteroatoms. The molecule has 3 unspecified atom stereocenters. The van der Waals surface area contributed by atoms with Gasteiger partial charge >= 0.3 is 0 Å². The second-order valence-corrected chi connectivity index (χ2v) is 8.49. The molecule has 0 amide bonds. The van der Waals surface area contributed by atoms with E-state index in [1.54, 1.807) is 0 Å². The summed E-state index contributed by atoms with van der Waals surface area (Å²) in [4.78, 5) is 2.89. The highest BCUT2D eigenvalue weighted by Crippen LogP contribution is 2.32. The summed E-state index contributed by atoms with van der Waals surface area (Å²) < 4.78 is 6.21. The molecule has 0 spiro atoms. The van der Waals surface area contributed by atoms with Gasteiger partial charge < -0.3 is 10.1 Å². The highest BCUT2D eigenvalue weighted by atomic mass is 32.1. The molecule has 0 bridgehead atoms. The average Bonchev–Trinajstić information content (AvgIpc) is 3.22. The van der Waals surface area contributed by atoms with Crippen molar-refractivity contribution in [1.29, 1.82) is 0 Å². The molecule has 0 aromatic carbocycles. The van der Waals surface area contributed by atoms with E-state index >= 15 is 0 Å². The van der Waals surface area contributed by atoms with Gasteiger partial charge in [-0.15, -0.1) is 11.3 Å². The predicted octanol–water partition coefficient (Wildman–Crippen LogP) is 4.65. The van der Waals surface area contributed by atoms with E-state index in [4.69, 9.17) is 4.74 Å². The average molecular weight is 308 g/mol. The standard InChI is InChI=1S/C18H29NOS/c1-12-4-7-17(8-13(12)2)20-11-15-9-18(21-14(15)3)10-19-16-5-6-16/h9,12-13,16-17,19H,4-8,10-11H2,1-3H3. The molecule has 1 aromatic rings. The van der Waals surface area contributed by atoms with Crippen LogP contribution in [0.1, 0.15) is 61.3 Å². The Morgan fingerprint density at radius 1 is 1.19 bits per heavy atom. The van der Waals surface area contributed by atoms with Crippen molar-refractivity contribution in [2.45, 2.75) is 78.2 Å². The fourth-order valence-corrected chi connectivity index (χ4v) is 4.21. The van der Waals surface area contributed by atoms with E-state index < -0.39 is 0 Å². The van der Waals surface area contributed by atoms with Gasteiger partial charge in [0.1, 0.15) is 0 Å². The van der Waals surface area contributed by atoms with Crippen molar-refractivity contribution < 1.29 is 4.74 Å². The van der Waals surface area contributed by atoms with E-state index in [1.165, 1.54) is 47.4 Å². The van der Waals surface area contributed by atoms with Crippen LogP contribution in [0.5, 0.6) is 0 Å². The van der Waals surface area contributed by atoms with Gasteiger partial charge in [-0.25, -0.2) is 0 Å². The van der Waals surface area contributed by atoms with Crippen molar-refractivity contribution in [2.75, 3.05) is 0 Å². The van der Waals surface area contributed by atoms with Crippen molar-refractivity contribution >= 4 is 11.3 Å². The molecule has 2 aliphatic rings. The molecule has 1 N–H and O–H groups in total. The van der Waals surface area contributed by atoms with Gasteiger partial charge in [-0.2, -0.15) is 0 Å². The van der Waals surface area contributed by atoms with Gasteiger partial charge in [-0.05, 0) is 62.5 Å². The summed E-state index contributed by atoms with van der Waals surface area (Å²) in [5.74, 6) is 1.68. The van der Waals surface area contributed by atoms with Gasteiger partial charge in [0.15, 0.2) is 0 Å². The maximum Gasteiger partial charge on any atom is 0.0731 e. The Kier molecular flexibility index (Phi) is 5.03. The summed E-state index contributed by atoms with van der Waals surface area (Å²) in [5, 5.41) is 3.60. The molecule has 2 aliphatic carbocycles. The summed E-state index contributed by atoms with van der Waals surface area (Å²) in [7, 11) is 0. The largest absolute Gasteiger partial charge is 0.373 e. The Morgan fingerprint density at radius 2 is 2.00 bits per heavy atom. The zero-order valence-corrected chi connectivity index (χ0v) is 14.5. The maximum absolute atomic E-state index is 6.21. The fourth-order valence-electron chi connectivity index (χ4n) is 3.21. The molecule has 118 valence electrons. The first kappa shape index (κ1) is 15.5. The SMILES string of the molecule is Cc1sc(CNC2CC2)cc1COC1CCC(C)C(C)C1.